The highest BCUT2D eigenvalue weighted by molar-refractivity contribution is 7.80. The first-order valence-electron chi connectivity index (χ1n) is 4.54. The van der Waals surface area contributed by atoms with Gasteiger partial charge in [-0.2, -0.15) is 13.2 Å². The number of hydrazine groups is 1. The summed E-state index contributed by atoms with van der Waals surface area (Å²) in [6.07, 6.45) is -4.45. The number of rotatable bonds is 2. The van der Waals surface area contributed by atoms with Crippen molar-refractivity contribution in [2.24, 2.45) is 5.84 Å². The van der Waals surface area contributed by atoms with Crippen LogP contribution in [0.2, 0.25) is 10.0 Å². The van der Waals surface area contributed by atoms with Gasteiger partial charge < -0.3 is 5.32 Å². The third kappa shape index (κ3) is 4.49. The summed E-state index contributed by atoms with van der Waals surface area (Å²) in [7, 11) is 0. The second-order valence-corrected chi connectivity index (χ2v) is 4.47. The zero-order valence-electron chi connectivity index (χ0n) is 8.76. The summed E-state index contributed by atoms with van der Waals surface area (Å²) in [5.41, 5.74) is 0.212. The lowest BCUT2D eigenvalue weighted by Crippen LogP contribution is -2.46. The Bertz CT molecular complexity index is 433. The summed E-state index contributed by atoms with van der Waals surface area (Å²) in [6, 6.07) is 4.63. The third-order valence-corrected chi connectivity index (χ3v) is 2.77. The quantitative estimate of drug-likeness (QED) is 0.498. The number of thiocarbonyl (C=S) groups is 1. The van der Waals surface area contributed by atoms with Crippen LogP contribution in [0.4, 0.5) is 18.9 Å². The average molecular weight is 318 g/mol. The smallest absolute Gasteiger partial charge is 0.329 e. The zero-order valence-corrected chi connectivity index (χ0v) is 11.1. The number of anilines is 1. The van der Waals surface area contributed by atoms with Crippen LogP contribution in [0.1, 0.15) is 0 Å². The molecule has 0 aromatic heterocycles. The minimum absolute atomic E-state index is 0.212. The number of nitrogens with two attached hydrogens (primary N) is 1. The Morgan fingerprint density at radius 1 is 1.33 bits per heavy atom. The second kappa shape index (κ2) is 5.92. The minimum atomic E-state index is -4.45. The molecule has 1 aromatic carbocycles. The molecule has 0 fully saturated rings. The van der Waals surface area contributed by atoms with Crippen LogP contribution < -0.4 is 11.2 Å². The molecule has 0 aliphatic rings. The van der Waals surface area contributed by atoms with Gasteiger partial charge in [-0.15, -0.1) is 0 Å². The topological polar surface area (TPSA) is 41.3 Å². The Morgan fingerprint density at radius 3 is 2.28 bits per heavy atom. The van der Waals surface area contributed by atoms with E-state index in [-0.39, 0.29) is 20.8 Å². The minimum Gasteiger partial charge on any atom is -0.329 e. The van der Waals surface area contributed by atoms with Crippen molar-refractivity contribution in [2.45, 2.75) is 6.18 Å². The van der Waals surface area contributed by atoms with E-state index in [2.05, 4.69) is 5.32 Å². The number of halogens is 5. The largest absolute Gasteiger partial charge is 0.407 e. The maximum Gasteiger partial charge on any atom is 0.407 e. The lowest BCUT2D eigenvalue weighted by atomic mass is 10.3. The van der Waals surface area contributed by atoms with E-state index >= 15 is 0 Å². The number of hydrogen-bond acceptors (Lipinski definition) is 2. The molecule has 0 amide bonds. The van der Waals surface area contributed by atoms with Crippen LogP contribution in [0.3, 0.4) is 0 Å². The standard InChI is InChI=1S/C9H8Cl2F3N3S/c10-5-2-1-3-6(11)7(5)16-8(18)17(15)4-9(12,13)14/h1-3H,4,15H2,(H,16,18). The number of benzene rings is 1. The van der Waals surface area contributed by atoms with E-state index in [0.717, 1.165) is 0 Å². The summed E-state index contributed by atoms with van der Waals surface area (Å²) >= 11 is 16.4. The predicted octanol–water partition coefficient (Wildman–Crippen LogP) is 3.43. The Labute approximate surface area is 117 Å². The van der Waals surface area contributed by atoms with Gasteiger partial charge in [0, 0.05) is 0 Å². The second-order valence-electron chi connectivity index (χ2n) is 3.27. The number of nitrogens with one attached hydrogen (secondary N) is 1. The van der Waals surface area contributed by atoms with Crippen LogP contribution in [0.15, 0.2) is 18.2 Å². The van der Waals surface area contributed by atoms with Gasteiger partial charge in [-0.05, 0) is 24.4 Å². The first kappa shape index (κ1) is 15.3. The van der Waals surface area contributed by atoms with E-state index in [9.17, 15) is 13.2 Å². The fraction of sp³-hybridized carbons (Fsp3) is 0.222. The van der Waals surface area contributed by atoms with E-state index in [4.69, 9.17) is 41.3 Å². The van der Waals surface area contributed by atoms with Gasteiger partial charge in [-0.3, -0.25) is 5.01 Å². The van der Waals surface area contributed by atoms with E-state index < -0.39 is 12.7 Å². The van der Waals surface area contributed by atoms with Crippen molar-refractivity contribution >= 4 is 46.2 Å². The van der Waals surface area contributed by atoms with Gasteiger partial charge in [0.25, 0.3) is 0 Å². The molecule has 1 rings (SSSR count). The molecule has 0 aliphatic heterocycles. The van der Waals surface area contributed by atoms with Crippen molar-refractivity contribution in [3.63, 3.8) is 0 Å². The molecule has 3 N–H and O–H groups in total. The van der Waals surface area contributed by atoms with Crippen molar-refractivity contribution in [1.82, 2.24) is 5.01 Å². The molecule has 0 saturated heterocycles. The normalized spacial score (nSPS) is 11.2. The molecule has 9 heteroatoms. The Balaban J connectivity index is 2.76. The van der Waals surface area contributed by atoms with Crippen LogP contribution in [-0.4, -0.2) is 22.8 Å². The zero-order chi connectivity index (χ0) is 13.9. The molecular formula is C9H8Cl2F3N3S. The fourth-order valence-electron chi connectivity index (χ4n) is 1.06. The van der Waals surface area contributed by atoms with Gasteiger partial charge in [-0.25, -0.2) is 5.84 Å². The summed E-state index contributed by atoms with van der Waals surface area (Å²) < 4.78 is 36.3. The monoisotopic (exact) mass is 317 g/mol. The highest BCUT2D eigenvalue weighted by Crippen LogP contribution is 2.30. The molecule has 0 atom stereocenters. The Hall–Kier alpha value is -0.760. The van der Waals surface area contributed by atoms with Crippen LogP contribution in [0.25, 0.3) is 0 Å². The first-order chi connectivity index (χ1) is 8.20. The maximum absolute atomic E-state index is 12.1. The van der Waals surface area contributed by atoms with E-state index in [1.807, 2.05) is 0 Å². The summed E-state index contributed by atoms with van der Waals surface area (Å²) in [4.78, 5) is 0. The van der Waals surface area contributed by atoms with Crippen LogP contribution >= 0.6 is 35.4 Å². The molecule has 3 nitrogen and oxygen atoms in total. The van der Waals surface area contributed by atoms with Crippen LogP contribution in [0.5, 0.6) is 0 Å². The van der Waals surface area contributed by atoms with Gasteiger partial charge in [0.1, 0.15) is 6.54 Å². The Kier molecular flexibility index (Phi) is 5.03. The molecule has 0 bridgehead atoms. The summed E-state index contributed by atoms with van der Waals surface area (Å²) in [6.45, 7) is -1.37. The van der Waals surface area contributed by atoms with E-state index in [1.165, 1.54) is 12.1 Å². The molecule has 0 radical (unpaired) electrons. The predicted molar refractivity (Wildman–Crippen MR) is 69.6 cm³/mol. The SMILES string of the molecule is NN(CC(F)(F)F)C(=S)Nc1c(Cl)cccc1Cl. The van der Waals surface area contributed by atoms with Crippen molar-refractivity contribution in [3.8, 4) is 0 Å². The lowest BCUT2D eigenvalue weighted by molar-refractivity contribution is -0.137. The van der Waals surface area contributed by atoms with Crippen molar-refractivity contribution in [2.75, 3.05) is 11.9 Å². The third-order valence-electron chi connectivity index (χ3n) is 1.81. The first-order valence-corrected chi connectivity index (χ1v) is 5.71. The molecule has 0 spiro atoms. The Morgan fingerprint density at radius 2 is 1.83 bits per heavy atom. The molecule has 0 unspecified atom stereocenters. The molecule has 0 saturated carbocycles. The van der Waals surface area contributed by atoms with Gasteiger partial charge in [-0.1, -0.05) is 29.3 Å². The summed E-state index contributed by atoms with van der Waals surface area (Å²) in [5.74, 6) is 5.17. The van der Waals surface area contributed by atoms with Gasteiger partial charge in [0.15, 0.2) is 5.11 Å². The molecule has 0 aliphatic carbocycles. The highest BCUT2D eigenvalue weighted by atomic mass is 35.5. The summed E-state index contributed by atoms with van der Waals surface area (Å²) in [5, 5.41) is 2.95. The molecule has 1 aromatic rings. The van der Waals surface area contributed by atoms with Crippen molar-refractivity contribution in [3.05, 3.63) is 28.2 Å². The molecular weight excluding hydrogens is 310 g/mol. The number of para-hydroxylation sites is 1. The van der Waals surface area contributed by atoms with Crippen molar-refractivity contribution < 1.29 is 13.2 Å². The number of alkyl halides is 3. The van der Waals surface area contributed by atoms with Crippen molar-refractivity contribution in [1.29, 1.82) is 0 Å². The lowest BCUT2D eigenvalue weighted by Gasteiger charge is -2.22. The van der Waals surface area contributed by atoms with E-state index in [0.29, 0.717) is 5.01 Å². The molecule has 0 heterocycles. The molecule has 18 heavy (non-hydrogen) atoms. The number of nitrogens with zero attached hydrogens (tertiary/aromatic N) is 1. The van der Waals surface area contributed by atoms with Crippen LogP contribution in [-0.2, 0) is 0 Å². The van der Waals surface area contributed by atoms with Gasteiger partial charge in [0.2, 0.25) is 0 Å². The number of hydrogen-bond donors (Lipinski definition) is 2. The highest BCUT2D eigenvalue weighted by Gasteiger charge is 2.31. The van der Waals surface area contributed by atoms with Gasteiger partial charge in [0.05, 0.1) is 15.7 Å². The van der Waals surface area contributed by atoms with Crippen LogP contribution in [0, 0.1) is 0 Å². The van der Waals surface area contributed by atoms with E-state index in [1.54, 1.807) is 6.07 Å². The maximum atomic E-state index is 12.1. The molecule has 100 valence electrons. The fourth-order valence-corrected chi connectivity index (χ4v) is 1.72. The van der Waals surface area contributed by atoms with Gasteiger partial charge >= 0.3 is 6.18 Å². The average Bonchev–Trinajstić information content (AvgIpc) is 2.21.